The van der Waals surface area contributed by atoms with E-state index in [1.165, 1.54) is 6.20 Å². The highest BCUT2D eigenvalue weighted by Gasteiger charge is 2.37. The molecule has 3 aromatic rings. The van der Waals surface area contributed by atoms with Gasteiger partial charge < -0.3 is 9.42 Å². The molecule has 1 fully saturated rings. The number of nitrogens with zero attached hydrogens (tertiary/aromatic N) is 5. The van der Waals surface area contributed by atoms with Crippen molar-refractivity contribution in [3.8, 4) is 0 Å². The first-order valence-corrected chi connectivity index (χ1v) is 9.91. The van der Waals surface area contributed by atoms with Crippen molar-refractivity contribution in [2.24, 2.45) is 0 Å². The summed E-state index contributed by atoms with van der Waals surface area (Å²) in [6.07, 6.45) is -0.963. The van der Waals surface area contributed by atoms with E-state index in [9.17, 15) is 18.0 Å². The molecule has 0 aliphatic carbocycles. The molecule has 1 saturated heterocycles. The predicted molar refractivity (Wildman–Crippen MR) is 101 cm³/mol. The van der Waals surface area contributed by atoms with Gasteiger partial charge in [-0.25, -0.2) is 9.50 Å². The quantitative estimate of drug-likeness (QED) is 0.618. The molecule has 0 aromatic carbocycles. The average molecular weight is 421 g/mol. The Morgan fingerprint density at radius 1 is 1.33 bits per heavy atom. The predicted octanol–water partition coefficient (Wildman–Crippen LogP) is 4.16. The highest BCUT2D eigenvalue weighted by molar-refractivity contribution is 5.77. The first-order valence-electron chi connectivity index (χ1n) is 9.91. The van der Waals surface area contributed by atoms with Crippen LogP contribution in [0, 0.1) is 0 Å². The van der Waals surface area contributed by atoms with Gasteiger partial charge in [-0.1, -0.05) is 19.0 Å². The Labute approximate surface area is 170 Å². The summed E-state index contributed by atoms with van der Waals surface area (Å²) in [4.78, 5) is 18.8. The third kappa shape index (κ3) is 3.90. The number of rotatable bonds is 5. The van der Waals surface area contributed by atoms with Gasteiger partial charge in [0.25, 0.3) is 0 Å². The van der Waals surface area contributed by atoms with Gasteiger partial charge in [-0.05, 0) is 24.8 Å². The normalized spacial score (nSPS) is 17.4. The number of carbonyl (C=O) groups is 1. The highest BCUT2D eigenvalue weighted by Crippen LogP contribution is 2.35. The molecule has 7 nitrogen and oxygen atoms in total. The van der Waals surface area contributed by atoms with E-state index in [1.807, 2.05) is 0 Å². The molecule has 0 N–H and O–H groups in total. The molecule has 0 unspecified atom stereocenters. The Kier molecular flexibility index (Phi) is 5.25. The molecule has 4 rings (SSSR count). The number of carbonyl (C=O) groups excluding carboxylic acids is 1. The van der Waals surface area contributed by atoms with Crippen molar-refractivity contribution in [2.75, 3.05) is 6.54 Å². The van der Waals surface area contributed by atoms with E-state index in [0.717, 1.165) is 17.0 Å². The molecule has 0 spiro atoms. The van der Waals surface area contributed by atoms with Gasteiger partial charge in [0.05, 0.1) is 17.9 Å². The first-order chi connectivity index (χ1) is 14.2. The number of aromatic nitrogens is 4. The molecule has 0 saturated carbocycles. The zero-order valence-corrected chi connectivity index (χ0v) is 16.7. The SMILES string of the molecule is CC(C)c1cc(C(F)(F)F)n2nc([C@H]3CCCN3C(=O)CCc3ccno3)cc2n1. The zero-order chi connectivity index (χ0) is 21.5. The van der Waals surface area contributed by atoms with Crippen molar-refractivity contribution in [3.05, 3.63) is 47.2 Å². The fourth-order valence-corrected chi connectivity index (χ4v) is 3.79. The number of halogens is 3. The maximum absolute atomic E-state index is 13.6. The second kappa shape index (κ2) is 7.73. The fourth-order valence-electron chi connectivity index (χ4n) is 3.79. The van der Waals surface area contributed by atoms with Crippen LogP contribution >= 0.6 is 0 Å². The fraction of sp³-hybridized carbons (Fsp3) is 0.500. The Balaban J connectivity index is 1.63. The maximum atomic E-state index is 13.6. The molecular weight excluding hydrogens is 399 g/mol. The molecule has 4 heterocycles. The number of amides is 1. The van der Waals surface area contributed by atoms with Gasteiger partial charge in [0.15, 0.2) is 5.65 Å². The number of likely N-dealkylation sites (tertiary alicyclic amines) is 1. The summed E-state index contributed by atoms with van der Waals surface area (Å²) in [5.74, 6) is 0.375. The van der Waals surface area contributed by atoms with Crippen molar-refractivity contribution in [1.82, 2.24) is 24.7 Å². The van der Waals surface area contributed by atoms with Gasteiger partial charge in [0.2, 0.25) is 5.91 Å². The average Bonchev–Trinajstić information content (AvgIpc) is 3.43. The molecule has 1 atom stereocenters. The summed E-state index contributed by atoms with van der Waals surface area (Å²) in [5, 5.41) is 7.84. The Morgan fingerprint density at radius 3 is 2.80 bits per heavy atom. The summed E-state index contributed by atoms with van der Waals surface area (Å²) in [5.41, 5.74) is 0.0697. The van der Waals surface area contributed by atoms with E-state index in [2.05, 4.69) is 15.2 Å². The second-order valence-electron chi connectivity index (χ2n) is 7.78. The van der Waals surface area contributed by atoms with Crippen LogP contribution in [-0.2, 0) is 17.4 Å². The van der Waals surface area contributed by atoms with Crippen LogP contribution in [0.15, 0.2) is 28.9 Å². The van der Waals surface area contributed by atoms with Gasteiger partial charge in [-0.3, -0.25) is 4.79 Å². The van der Waals surface area contributed by atoms with Crippen LogP contribution < -0.4 is 0 Å². The number of alkyl halides is 3. The van der Waals surface area contributed by atoms with Crippen molar-refractivity contribution >= 4 is 11.6 Å². The summed E-state index contributed by atoms with van der Waals surface area (Å²) in [7, 11) is 0. The van der Waals surface area contributed by atoms with E-state index < -0.39 is 11.9 Å². The van der Waals surface area contributed by atoms with Crippen LogP contribution in [0.4, 0.5) is 13.2 Å². The summed E-state index contributed by atoms with van der Waals surface area (Å²) in [6.45, 7) is 4.13. The standard InChI is InChI=1S/C20H22F3N5O2/c1-12(2)14-10-17(20(21,22)23)28-18(25-14)11-15(26-28)16-4-3-9-27(16)19(29)6-5-13-7-8-24-30-13/h7-8,10-12,16H,3-6,9H2,1-2H3/t16-/m1/s1. The van der Waals surface area contributed by atoms with Crippen molar-refractivity contribution in [1.29, 1.82) is 0 Å². The van der Waals surface area contributed by atoms with Crippen molar-refractivity contribution < 1.29 is 22.5 Å². The third-order valence-corrected chi connectivity index (χ3v) is 5.34. The molecule has 3 aromatic heterocycles. The van der Waals surface area contributed by atoms with E-state index in [4.69, 9.17) is 4.52 Å². The van der Waals surface area contributed by atoms with E-state index in [0.29, 0.717) is 36.5 Å². The van der Waals surface area contributed by atoms with E-state index in [-0.39, 0.29) is 29.9 Å². The molecule has 1 amide bonds. The molecule has 160 valence electrons. The van der Waals surface area contributed by atoms with Crippen LogP contribution in [0.3, 0.4) is 0 Å². The summed E-state index contributed by atoms with van der Waals surface area (Å²) >= 11 is 0. The lowest BCUT2D eigenvalue weighted by molar-refractivity contribution is -0.142. The topological polar surface area (TPSA) is 76.5 Å². The number of fused-ring (bicyclic) bond motifs is 1. The molecule has 30 heavy (non-hydrogen) atoms. The molecule has 0 bridgehead atoms. The van der Waals surface area contributed by atoms with Crippen LogP contribution in [-0.4, -0.2) is 37.1 Å². The van der Waals surface area contributed by atoms with Gasteiger partial charge in [-0.2, -0.15) is 18.3 Å². The van der Waals surface area contributed by atoms with Gasteiger partial charge >= 0.3 is 6.18 Å². The maximum Gasteiger partial charge on any atom is 0.433 e. The molecular formula is C20H22F3N5O2. The van der Waals surface area contributed by atoms with Gasteiger partial charge in [-0.15, -0.1) is 0 Å². The first kappa shape index (κ1) is 20.4. The Morgan fingerprint density at radius 2 is 2.13 bits per heavy atom. The number of hydrogen-bond donors (Lipinski definition) is 0. The molecule has 1 aliphatic heterocycles. The lowest BCUT2D eigenvalue weighted by Gasteiger charge is -2.23. The van der Waals surface area contributed by atoms with Gasteiger partial charge in [0.1, 0.15) is 11.5 Å². The van der Waals surface area contributed by atoms with Crippen LogP contribution in [0.1, 0.15) is 67.9 Å². The smallest absolute Gasteiger partial charge is 0.361 e. The van der Waals surface area contributed by atoms with Gasteiger partial charge in [0, 0.05) is 37.2 Å². The number of hydrogen-bond acceptors (Lipinski definition) is 5. The highest BCUT2D eigenvalue weighted by atomic mass is 19.4. The summed E-state index contributed by atoms with van der Waals surface area (Å²) < 4.78 is 46.7. The van der Waals surface area contributed by atoms with Crippen LogP contribution in [0.25, 0.3) is 5.65 Å². The minimum atomic E-state index is -4.56. The lowest BCUT2D eigenvalue weighted by Crippen LogP contribution is -2.31. The minimum Gasteiger partial charge on any atom is -0.361 e. The van der Waals surface area contributed by atoms with Crippen LogP contribution in [0.2, 0.25) is 0 Å². The lowest BCUT2D eigenvalue weighted by atomic mass is 10.1. The van der Waals surface area contributed by atoms with E-state index in [1.54, 1.807) is 30.9 Å². The number of aryl methyl sites for hydroxylation is 1. The van der Waals surface area contributed by atoms with Crippen LogP contribution in [0.5, 0.6) is 0 Å². The van der Waals surface area contributed by atoms with E-state index >= 15 is 0 Å². The monoisotopic (exact) mass is 421 g/mol. The van der Waals surface area contributed by atoms with Crippen molar-refractivity contribution in [3.63, 3.8) is 0 Å². The molecule has 10 heteroatoms. The van der Waals surface area contributed by atoms with Crippen molar-refractivity contribution in [2.45, 2.75) is 57.7 Å². The Bertz CT molecular complexity index is 1040. The zero-order valence-electron chi connectivity index (χ0n) is 16.7. The largest absolute Gasteiger partial charge is 0.433 e. The summed E-state index contributed by atoms with van der Waals surface area (Å²) in [6, 6.07) is 3.95. The molecule has 1 aliphatic rings. The molecule has 0 radical (unpaired) electrons. The third-order valence-electron chi connectivity index (χ3n) is 5.34. The second-order valence-corrected chi connectivity index (χ2v) is 7.78. The Hall–Kier alpha value is -2.91. The minimum absolute atomic E-state index is 0.0853.